The zero-order valence-electron chi connectivity index (χ0n) is 19.0. The second kappa shape index (κ2) is 7.95. The number of aromatic hydroxyl groups is 2. The average molecular weight is 449 g/mol. The summed E-state index contributed by atoms with van der Waals surface area (Å²) >= 11 is 13.1. The summed E-state index contributed by atoms with van der Waals surface area (Å²) in [7, 11) is 0. The molecule has 1 aliphatic carbocycles. The Labute approximate surface area is 191 Å². The number of rotatable bonds is 2. The van der Waals surface area contributed by atoms with Gasteiger partial charge in [0.1, 0.15) is 11.5 Å². The van der Waals surface area contributed by atoms with E-state index < -0.39 is 0 Å². The highest BCUT2D eigenvalue weighted by Gasteiger charge is 2.39. The molecule has 4 heteroatoms. The van der Waals surface area contributed by atoms with E-state index in [4.69, 9.17) is 23.2 Å². The normalized spacial score (nSPS) is 17.2. The second-order valence-corrected chi connectivity index (χ2v) is 11.7. The van der Waals surface area contributed by atoms with Crippen LogP contribution in [-0.4, -0.2) is 10.2 Å². The van der Waals surface area contributed by atoms with Crippen LogP contribution in [0.15, 0.2) is 24.3 Å². The van der Waals surface area contributed by atoms with Crippen LogP contribution in [0.5, 0.6) is 11.5 Å². The number of phenols is 2. The molecule has 3 rings (SSSR count). The molecule has 1 aliphatic rings. The molecule has 0 amide bonds. The monoisotopic (exact) mass is 448 g/mol. The van der Waals surface area contributed by atoms with Gasteiger partial charge in [0.15, 0.2) is 0 Å². The number of benzene rings is 2. The molecule has 30 heavy (non-hydrogen) atoms. The predicted molar refractivity (Wildman–Crippen MR) is 127 cm³/mol. The molecule has 0 heterocycles. The maximum atomic E-state index is 10.7. The van der Waals surface area contributed by atoms with Crippen molar-refractivity contribution < 1.29 is 10.2 Å². The standard InChI is InChI=1S/C26H34Cl2O2/c1-24(2,3)18-12-16(14-20(27)22(18)29)26(10-8-7-9-11-26)17-13-19(25(4,5)6)23(30)21(28)15-17/h12-15,29-30H,7-11H2,1-6H3. The summed E-state index contributed by atoms with van der Waals surface area (Å²) in [6.07, 6.45) is 5.42. The van der Waals surface area contributed by atoms with Crippen molar-refractivity contribution in [3.8, 4) is 11.5 Å². The lowest BCUT2D eigenvalue weighted by Gasteiger charge is -2.40. The van der Waals surface area contributed by atoms with Crippen LogP contribution < -0.4 is 0 Å². The molecule has 0 radical (unpaired) electrons. The first kappa shape index (κ1) is 23.3. The maximum Gasteiger partial charge on any atom is 0.137 e. The molecular formula is C26H34Cl2O2. The molecule has 0 spiro atoms. The minimum atomic E-state index is -0.243. The third kappa shape index (κ3) is 4.18. The van der Waals surface area contributed by atoms with Gasteiger partial charge in [-0.3, -0.25) is 0 Å². The van der Waals surface area contributed by atoms with Crippen LogP contribution in [0.2, 0.25) is 10.0 Å². The lowest BCUT2D eigenvalue weighted by molar-refractivity contribution is 0.343. The minimum Gasteiger partial charge on any atom is -0.506 e. The highest BCUT2D eigenvalue weighted by Crippen LogP contribution is 2.50. The fraction of sp³-hybridized carbons (Fsp3) is 0.538. The molecule has 1 saturated carbocycles. The summed E-state index contributed by atoms with van der Waals surface area (Å²) in [4.78, 5) is 0. The van der Waals surface area contributed by atoms with Crippen molar-refractivity contribution in [3.05, 3.63) is 56.6 Å². The molecule has 2 aromatic rings. The summed E-state index contributed by atoms with van der Waals surface area (Å²) < 4.78 is 0. The van der Waals surface area contributed by atoms with Crippen LogP contribution in [0.4, 0.5) is 0 Å². The second-order valence-electron chi connectivity index (χ2n) is 10.9. The third-order valence-electron chi connectivity index (χ3n) is 6.56. The first-order chi connectivity index (χ1) is 13.8. The van der Waals surface area contributed by atoms with Crippen LogP contribution in [0, 0.1) is 0 Å². The van der Waals surface area contributed by atoms with Gasteiger partial charge in [0, 0.05) is 16.5 Å². The third-order valence-corrected chi connectivity index (χ3v) is 7.13. The molecule has 2 aromatic carbocycles. The fourth-order valence-electron chi connectivity index (χ4n) is 4.79. The molecule has 0 bridgehead atoms. The summed E-state index contributed by atoms with van der Waals surface area (Å²) in [5, 5.41) is 22.1. The Bertz CT molecular complexity index is 871. The highest BCUT2D eigenvalue weighted by atomic mass is 35.5. The van der Waals surface area contributed by atoms with Crippen LogP contribution in [0.25, 0.3) is 0 Å². The SMILES string of the molecule is CC(C)(C)c1cc(C2(c3cc(Cl)c(O)c(C(C)(C)C)c3)CCCCC2)cc(Cl)c1O. The predicted octanol–water partition coefficient (Wildman–Crippen LogP) is 8.25. The van der Waals surface area contributed by atoms with Gasteiger partial charge in [-0.05, 0) is 46.9 Å². The number of hydrogen-bond donors (Lipinski definition) is 2. The van der Waals surface area contributed by atoms with Crippen molar-refractivity contribution in [3.63, 3.8) is 0 Å². The zero-order chi connectivity index (χ0) is 22.5. The Morgan fingerprint density at radius 1 is 0.667 bits per heavy atom. The molecule has 0 aromatic heterocycles. The summed E-state index contributed by atoms with van der Waals surface area (Å²) in [5.41, 5.74) is 3.25. The van der Waals surface area contributed by atoms with Gasteiger partial charge in [0.25, 0.3) is 0 Å². The molecular weight excluding hydrogens is 415 g/mol. The summed E-state index contributed by atoms with van der Waals surface area (Å²) in [5.74, 6) is 0.330. The van der Waals surface area contributed by atoms with Crippen molar-refractivity contribution >= 4 is 23.2 Å². The number of hydrogen-bond acceptors (Lipinski definition) is 2. The molecule has 0 unspecified atom stereocenters. The quantitative estimate of drug-likeness (QED) is 0.485. The highest BCUT2D eigenvalue weighted by molar-refractivity contribution is 6.32. The largest absolute Gasteiger partial charge is 0.506 e. The maximum absolute atomic E-state index is 10.7. The zero-order valence-corrected chi connectivity index (χ0v) is 20.5. The smallest absolute Gasteiger partial charge is 0.137 e. The van der Waals surface area contributed by atoms with E-state index >= 15 is 0 Å². The Balaban J connectivity index is 2.31. The first-order valence-electron chi connectivity index (χ1n) is 10.8. The van der Waals surface area contributed by atoms with Crippen molar-refractivity contribution in [2.75, 3.05) is 0 Å². The van der Waals surface area contributed by atoms with Crippen LogP contribution in [0.1, 0.15) is 95.9 Å². The van der Waals surface area contributed by atoms with E-state index in [0.717, 1.165) is 47.9 Å². The van der Waals surface area contributed by atoms with Gasteiger partial charge in [0.05, 0.1) is 10.0 Å². The molecule has 0 saturated heterocycles. The lowest BCUT2D eigenvalue weighted by Crippen LogP contribution is -2.31. The molecule has 2 N–H and O–H groups in total. The van der Waals surface area contributed by atoms with E-state index in [1.54, 1.807) is 0 Å². The van der Waals surface area contributed by atoms with Gasteiger partial charge in [-0.1, -0.05) is 96.1 Å². The van der Waals surface area contributed by atoms with E-state index in [-0.39, 0.29) is 27.7 Å². The van der Waals surface area contributed by atoms with Gasteiger partial charge >= 0.3 is 0 Å². The molecule has 2 nitrogen and oxygen atoms in total. The lowest BCUT2D eigenvalue weighted by atomic mass is 9.64. The van der Waals surface area contributed by atoms with E-state index in [0.29, 0.717) is 10.0 Å². The van der Waals surface area contributed by atoms with E-state index in [1.807, 2.05) is 12.1 Å². The van der Waals surface area contributed by atoms with Crippen molar-refractivity contribution in [2.45, 2.75) is 89.9 Å². The van der Waals surface area contributed by atoms with Crippen LogP contribution in [-0.2, 0) is 16.2 Å². The number of halogens is 2. The average Bonchev–Trinajstić information content (AvgIpc) is 2.64. The van der Waals surface area contributed by atoms with E-state index in [1.165, 1.54) is 6.42 Å². The van der Waals surface area contributed by atoms with Gasteiger partial charge in [-0.15, -0.1) is 0 Å². The first-order valence-corrected chi connectivity index (χ1v) is 11.6. The van der Waals surface area contributed by atoms with E-state index in [9.17, 15) is 10.2 Å². The van der Waals surface area contributed by atoms with Crippen molar-refractivity contribution in [2.24, 2.45) is 0 Å². The molecule has 0 aliphatic heterocycles. The van der Waals surface area contributed by atoms with Crippen LogP contribution in [0.3, 0.4) is 0 Å². The minimum absolute atomic E-state index is 0.165. The van der Waals surface area contributed by atoms with Crippen molar-refractivity contribution in [1.82, 2.24) is 0 Å². The van der Waals surface area contributed by atoms with Gasteiger partial charge in [-0.2, -0.15) is 0 Å². The van der Waals surface area contributed by atoms with Crippen molar-refractivity contribution in [1.29, 1.82) is 0 Å². The van der Waals surface area contributed by atoms with Crippen LogP contribution >= 0.6 is 23.2 Å². The summed E-state index contributed by atoms with van der Waals surface area (Å²) in [6, 6.07) is 8.11. The van der Waals surface area contributed by atoms with Gasteiger partial charge < -0.3 is 10.2 Å². The Morgan fingerprint density at radius 2 is 1.03 bits per heavy atom. The Kier molecular flexibility index (Phi) is 6.17. The number of phenolic OH excluding ortho intramolecular Hbond substituents is 2. The molecule has 1 fully saturated rings. The topological polar surface area (TPSA) is 40.5 Å². The van der Waals surface area contributed by atoms with Gasteiger partial charge in [-0.25, -0.2) is 0 Å². The van der Waals surface area contributed by atoms with Gasteiger partial charge in [0.2, 0.25) is 0 Å². The Morgan fingerprint density at radius 3 is 1.37 bits per heavy atom. The fourth-order valence-corrected chi connectivity index (χ4v) is 5.23. The van der Waals surface area contributed by atoms with E-state index in [2.05, 4.69) is 53.7 Å². The molecule has 164 valence electrons. The summed E-state index contributed by atoms with van der Waals surface area (Å²) in [6.45, 7) is 12.5. The molecule has 0 atom stereocenters. The Hall–Kier alpha value is -1.38.